The third-order valence-electron chi connectivity index (χ3n) is 6.02. The molecule has 0 fully saturated rings. The molecule has 0 spiro atoms. The summed E-state index contributed by atoms with van der Waals surface area (Å²) in [5.74, 6) is -1.10. The molecule has 1 N–H and O–H groups in total. The van der Waals surface area contributed by atoms with E-state index >= 15 is 0 Å². The maximum Gasteiger partial charge on any atom is 0.275 e. The van der Waals surface area contributed by atoms with Crippen LogP contribution in [-0.2, 0) is 13.1 Å². The average Bonchev–Trinajstić information content (AvgIpc) is 3.51. The third-order valence-corrected chi connectivity index (χ3v) is 6.85. The standard InChI is InChI=1S/C28H29FN4O2S/c1-4-13-33(28(35)23-9-5-6-10-24(23)29)16-22-8-7-14-32(22)17-26-31-25(18-36-26)27(34)30-21-12-11-19(2)20(3)15-21/h5-12,14-15,18H,4,13,16-17H2,1-3H3,(H,30,34). The van der Waals surface area contributed by atoms with E-state index in [1.54, 1.807) is 22.4 Å². The van der Waals surface area contributed by atoms with Crippen LogP contribution in [0.5, 0.6) is 0 Å². The zero-order valence-electron chi connectivity index (χ0n) is 20.6. The number of nitrogens with zero attached hydrogens (tertiary/aromatic N) is 3. The number of thiazole rings is 1. The van der Waals surface area contributed by atoms with Gasteiger partial charge in [-0.15, -0.1) is 11.3 Å². The molecular formula is C28H29FN4O2S. The van der Waals surface area contributed by atoms with Crippen LogP contribution in [0.3, 0.4) is 0 Å². The number of nitrogens with one attached hydrogen (secondary N) is 1. The molecule has 2 aromatic heterocycles. The fourth-order valence-electron chi connectivity index (χ4n) is 3.92. The van der Waals surface area contributed by atoms with Crippen molar-refractivity contribution in [2.75, 3.05) is 11.9 Å². The Bertz CT molecular complexity index is 1380. The van der Waals surface area contributed by atoms with Crippen molar-refractivity contribution in [2.45, 2.75) is 40.3 Å². The molecule has 0 saturated carbocycles. The average molecular weight is 505 g/mol. The lowest BCUT2D eigenvalue weighted by molar-refractivity contribution is 0.0734. The molecule has 0 aliphatic heterocycles. The molecule has 2 heterocycles. The lowest BCUT2D eigenvalue weighted by atomic mass is 10.1. The number of aryl methyl sites for hydroxylation is 2. The highest BCUT2D eigenvalue weighted by atomic mass is 32.1. The molecule has 2 aromatic carbocycles. The lowest BCUT2D eigenvalue weighted by Gasteiger charge is -2.23. The smallest absolute Gasteiger partial charge is 0.275 e. The van der Waals surface area contributed by atoms with Gasteiger partial charge in [0.1, 0.15) is 16.5 Å². The molecule has 0 aliphatic carbocycles. The normalized spacial score (nSPS) is 10.9. The van der Waals surface area contributed by atoms with Crippen molar-refractivity contribution < 1.29 is 14.0 Å². The molecule has 8 heteroatoms. The van der Waals surface area contributed by atoms with Gasteiger partial charge in [0.15, 0.2) is 0 Å². The van der Waals surface area contributed by atoms with Gasteiger partial charge in [0.25, 0.3) is 11.8 Å². The highest BCUT2D eigenvalue weighted by molar-refractivity contribution is 7.09. The summed E-state index contributed by atoms with van der Waals surface area (Å²) in [6.07, 6.45) is 2.68. The second-order valence-corrected chi connectivity index (χ2v) is 9.66. The number of amides is 2. The summed E-state index contributed by atoms with van der Waals surface area (Å²) >= 11 is 1.41. The number of hydrogen-bond acceptors (Lipinski definition) is 4. The first kappa shape index (κ1) is 25.3. The zero-order valence-corrected chi connectivity index (χ0v) is 21.4. The van der Waals surface area contributed by atoms with Gasteiger partial charge in [-0.25, -0.2) is 9.37 Å². The van der Waals surface area contributed by atoms with Gasteiger partial charge in [0.2, 0.25) is 0 Å². The first-order chi connectivity index (χ1) is 17.4. The van der Waals surface area contributed by atoms with Crippen LogP contribution < -0.4 is 5.32 Å². The predicted molar refractivity (Wildman–Crippen MR) is 141 cm³/mol. The van der Waals surface area contributed by atoms with E-state index in [2.05, 4.69) is 10.3 Å². The van der Waals surface area contributed by atoms with Crippen LogP contribution in [0.15, 0.2) is 66.2 Å². The summed E-state index contributed by atoms with van der Waals surface area (Å²) in [5.41, 5.74) is 4.36. The molecule has 0 aliphatic rings. The first-order valence-electron chi connectivity index (χ1n) is 11.9. The van der Waals surface area contributed by atoms with E-state index in [0.717, 1.165) is 28.4 Å². The van der Waals surface area contributed by atoms with Gasteiger partial charge < -0.3 is 14.8 Å². The number of aromatic nitrogens is 2. The fourth-order valence-corrected chi connectivity index (χ4v) is 4.69. The van der Waals surface area contributed by atoms with Gasteiger partial charge >= 0.3 is 0 Å². The molecule has 4 rings (SSSR count). The Labute approximate surface area is 214 Å². The van der Waals surface area contributed by atoms with Crippen LogP contribution in [0.25, 0.3) is 0 Å². The Morgan fingerprint density at radius 1 is 1.08 bits per heavy atom. The molecule has 186 valence electrons. The van der Waals surface area contributed by atoms with Gasteiger partial charge in [0, 0.05) is 29.5 Å². The molecule has 0 radical (unpaired) electrons. The summed E-state index contributed by atoms with van der Waals surface area (Å²) in [6, 6.07) is 15.7. The maximum atomic E-state index is 14.2. The number of hydrogen-bond donors (Lipinski definition) is 1. The quantitative estimate of drug-likeness (QED) is 0.302. The summed E-state index contributed by atoms with van der Waals surface area (Å²) in [5, 5.41) is 5.43. The molecule has 6 nitrogen and oxygen atoms in total. The lowest BCUT2D eigenvalue weighted by Crippen LogP contribution is -2.32. The van der Waals surface area contributed by atoms with Crippen LogP contribution in [0.2, 0.25) is 0 Å². The van der Waals surface area contributed by atoms with E-state index in [9.17, 15) is 14.0 Å². The SMILES string of the molecule is CCCN(Cc1cccn1Cc1nc(C(=O)Nc2ccc(C)c(C)c2)cs1)C(=O)c1ccccc1F. The van der Waals surface area contributed by atoms with E-state index in [1.165, 1.54) is 29.0 Å². The summed E-state index contributed by atoms with van der Waals surface area (Å²) in [7, 11) is 0. The van der Waals surface area contributed by atoms with Crippen molar-refractivity contribution >= 4 is 28.8 Å². The molecule has 0 atom stereocenters. The number of halogens is 1. The summed E-state index contributed by atoms with van der Waals surface area (Å²) in [6.45, 7) is 7.35. The number of benzene rings is 2. The second-order valence-electron chi connectivity index (χ2n) is 8.71. The zero-order chi connectivity index (χ0) is 25.7. The van der Waals surface area contributed by atoms with Crippen LogP contribution in [-0.4, -0.2) is 32.8 Å². The summed E-state index contributed by atoms with van der Waals surface area (Å²) in [4.78, 5) is 31.9. The van der Waals surface area contributed by atoms with E-state index in [0.29, 0.717) is 25.3 Å². The van der Waals surface area contributed by atoms with Gasteiger partial charge in [-0.1, -0.05) is 25.1 Å². The molecule has 0 saturated heterocycles. The van der Waals surface area contributed by atoms with E-state index in [1.807, 2.05) is 61.9 Å². The molecular weight excluding hydrogens is 475 g/mol. The monoisotopic (exact) mass is 504 g/mol. The van der Waals surface area contributed by atoms with Crippen LogP contribution in [0, 0.1) is 19.7 Å². The van der Waals surface area contributed by atoms with Gasteiger partial charge in [-0.2, -0.15) is 0 Å². The highest BCUT2D eigenvalue weighted by Crippen LogP contribution is 2.19. The molecule has 0 unspecified atom stereocenters. The minimum absolute atomic E-state index is 0.0726. The number of rotatable bonds is 9. The molecule has 36 heavy (non-hydrogen) atoms. The van der Waals surface area contributed by atoms with Gasteiger partial charge in [0.05, 0.1) is 18.7 Å². The first-order valence-corrected chi connectivity index (χ1v) is 12.7. The Hall–Kier alpha value is -3.78. The number of carbonyl (C=O) groups excluding carboxylic acids is 2. The van der Waals surface area contributed by atoms with Crippen molar-refractivity contribution in [3.63, 3.8) is 0 Å². The van der Waals surface area contributed by atoms with E-state index < -0.39 is 5.82 Å². The van der Waals surface area contributed by atoms with Gasteiger partial charge in [-0.3, -0.25) is 9.59 Å². The van der Waals surface area contributed by atoms with Crippen molar-refractivity contribution in [2.24, 2.45) is 0 Å². The number of anilines is 1. The van der Waals surface area contributed by atoms with E-state index in [4.69, 9.17) is 0 Å². The van der Waals surface area contributed by atoms with Crippen LogP contribution in [0.1, 0.15) is 56.0 Å². The van der Waals surface area contributed by atoms with E-state index in [-0.39, 0.29) is 17.4 Å². The van der Waals surface area contributed by atoms with Crippen LogP contribution in [0.4, 0.5) is 10.1 Å². The Morgan fingerprint density at radius 2 is 1.89 bits per heavy atom. The molecule has 0 bridgehead atoms. The van der Waals surface area contributed by atoms with Crippen molar-refractivity contribution in [3.05, 3.63) is 105 Å². The maximum absolute atomic E-state index is 14.2. The Balaban J connectivity index is 1.45. The van der Waals surface area contributed by atoms with Crippen molar-refractivity contribution in [3.8, 4) is 0 Å². The Kier molecular flexibility index (Phi) is 7.95. The third kappa shape index (κ3) is 5.88. The van der Waals surface area contributed by atoms with Crippen LogP contribution >= 0.6 is 11.3 Å². The fraction of sp³-hybridized carbons (Fsp3) is 0.250. The predicted octanol–water partition coefficient (Wildman–Crippen LogP) is 6.05. The Morgan fingerprint density at radius 3 is 2.64 bits per heavy atom. The molecule has 2 amide bonds. The van der Waals surface area contributed by atoms with Crippen molar-refractivity contribution in [1.29, 1.82) is 0 Å². The van der Waals surface area contributed by atoms with Crippen molar-refractivity contribution in [1.82, 2.24) is 14.5 Å². The minimum atomic E-state index is -0.520. The second kappa shape index (κ2) is 11.3. The largest absolute Gasteiger partial charge is 0.343 e. The summed E-state index contributed by atoms with van der Waals surface area (Å²) < 4.78 is 16.2. The topological polar surface area (TPSA) is 67.2 Å². The van der Waals surface area contributed by atoms with Gasteiger partial charge in [-0.05, 0) is 67.8 Å². The number of carbonyl (C=O) groups is 2. The highest BCUT2D eigenvalue weighted by Gasteiger charge is 2.20. The molecule has 4 aromatic rings. The minimum Gasteiger partial charge on any atom is -0.343 e.